The highest BCUT2D eigenvalue weighted by Gasteiger charge is 2.42. The van der Waals surface area contributed by atoms with Crippen LogP contribution in [0, 0.1) is 11.3 Å². The lowest BCUT2D eigenvalue weighted by molar-refractivity contribution is -0.176. The van der Waals surface area contributed by atoms with E-state index in [1.807, 2.05) is 20.8 Å². The predicted octanol–water partition coefficient (Wildman–Crippen LogP) is 2.28. The van der Waals surface area contributed by atoms with E-state index in [2.05, 4.69) is 4.74 Å². The number of methoxy groups -OCH3 is 1. The maximum absolute atomic E-state index is 12.2. The molecule has 0 radical (unpaired) electrons. The van der Waals surface area contributed by atoms with Crippen molar-refractivity contribution in [3.05, 3.63) is 0 Å². The number of alkyl halides is 3. The van der Waals surface area contributed by atoms with Crippen molar-refractivity contribution in [2.75, 3.05) is 7.11 Å². The molecule has 0 heterocycles. The van der Waals surface area contributed by atoms with Crippen LogP contribution in [-0.2, 0) is 14.3 Å². The van der Waals surface area contributed by atoms with Crippen LogP contribution in [0.1, 0.15) is 34.1 Å². The number of nitrogens with one attached hydrogen (secondary N) is 1. The highest BCUT2D eigenvalue weighted by atomic mass is 19.4. The van der Waals surface area contributed by atoms with Gasteiger partial charge in [-0.25, -0.2) is 4.79 Å². The average Bonchev–Trinajstić information content (AvgIpc) is 2.20. The molecule has 112 valence electrons. The minimum atomic E-state index is -5.02. The van der Waals surface area contributed by atoms with Gasteiger partial charge in [0.05, 0.1) is 7.11 Å². The SMILES string of the molecule is COC(=O)[C@@H](NC(=O)C(F)(F)F)[C@@H](C)CC(C)(C)C. The Morgan fingerprint density at radius 3 is 2.00 bits per heavy atom. The molecule has 0 aliphatic heterocycles. The molecule has 2 atom stereocenters. The van der Waals surface area contributed by atoms with Gasteiger partial charge >= 0.3 is 18.1 Å². The summed E-state index contributed by atoms with van der Waals surface area (Å²) in [7, 11) is 1.07. The van der Waals surface area contributed by atoms with Crippen LogP contribution in [0.15, 0.2) is 0 Å². The lowest BCUT2D eigenvalue weighted by atomic mass is 9.82. The highest BCUT2D eigenvalue weighted by Crippen LogP contribution is 2.27. The van der Waals surface area contributed by atoms with E-state index in [1.54, 1.807) is 12.2 Å². The Morgan fingerprint density at radius 2 is 1.68 bits per heavy atom. The Bertz CT molecular complexity index is 334. The second-order valence-electron chi connectivity index (χ2n) is 5.71. The maximum atomic E-state index is 12.2. The van der Waals surface area contributed by atoms with E-state index >= 15 is 0 Å². The van der Waals surface area contributed by atoms with E-state index in [1.165, 1.54) is 0 Å². The average molecular weight is 283 g/mol. The minimum Gasteiger partial charge on any atom is -0.467 e. The second-order valence-corrected chi connectivity index (χ2v) is 5.71. The fourth-order valence-electron chi connectivity index (χ4n) is 1.87. The third kappa shape index (κ3) is 6.45. The zero-order valence-electron chi connectivity index (χ0n) is 11.7. The van der Waals surface area contributed by atoms with Gasteiger partial charge in [-0.2, -0.15) is 13.2 Å². The number of halogens is 3. The zero-order chi connectivity index (χ0) is 15.4. The Labute approximate surface area is 110 Å². The number of carbonyl (C=O) groups is 2. The van der Waals surface area contributed by atoms with Crippen molar-refractivity contribution in [1.82, 2.24) is 5.32 Å². The van der Waals surface area contributed by atoms with Crippen molar-refractivity contribution < 1.29 is 27.5 Å². The molecule has 0 bridgehead atoms. The zero-order valence-corrected chi connectivity index (χ0v) is 11.7. The molecule has 0 saturated heterocycles. The van der Waals surface area contributed by atoms with Crippen molar-refractivity contribution in [1.29, 1.82) is 0 Å². The van der Waals surface area contributed by atoms with Crippen LogP contribution in [0.3, 0.4) is 0 Å². The monoisotopic (exact) mass is 283 g/mol. The Kier molecular flexibility index (Phi) is 5.83. The molecule has 0 aromatic rings. The van der Waals surface area contributed by atoms with Gasteiger partial charge in [0.2, 0.25) is 0 Å². The first kappa shape index (κ1) is 17.7. The fraction of sp³-hybridized carbons (Fsp3) is 0.833. The van der Waals surface area contributed by atoms with Crippen molar-refractivity contribution in [2.24, 2.45) is 11.3 Å². The molecule has 0 spiro atoms. The number of esters is 1. The molecule has 1 amide bonds. The molecule has 0 saturated carbocycles. The van der Waals surface area contributed by atoms with E-state index in [-0.39, 0.29) is 5.41 Å². The van der Waals surface area contributed by atoms with E-state index < -0.39 is 30.0 Å². The summed E-state index contributed by atoms with van der Waals surface area (Å²) in [5, 5.41) is 1.69. The Balaban J connectivity index is 4.93. The standard InChI is InChI=1S/C12H20F3NO3/c1-7(6-11(2,3)4)8(9(17)19-5)16-10(18)12(13,14)15/h7-8H,6H2,1-5H3,(H,16,18)/t7-,8-/m0/s1. The Morgan fingerprint density at radius 1 is 1.21 bits per heavy atom. The topological polar surface area (TPSA) is 55.4 Å². The summed E-state index contributed by atoms with van der Waals surface area (Å²) in [5.74, 6) is -3.49. The number of hydrogen-bond acceptors (Lipinski definition) is 3. The minimum absolute atomic E-state index is 0.186. The van der Waals surface area contributed by atoms with Crippen molar-refractivity contribution in [3.63, 3.8) is 0 Å². The molecule has 0 aromatic heterocycles. The van der Waals surface area contributed by atoms with Crippen LogP contribution >= 0.6 is 0 Å². The summed E-state index contributed by atoms with van der Waals surface area (Å²) in [6, 6.07) is -1.31. The Hall–Kier alpha value is -1.27. The summed E-state index contributed by atoms with van der Waals surface area (Å²) in [6.07, 6.45) is -4.56. The third-order valence-electron chi connectivity index (χ3n) is 2.50. The van der Waals surface area contributed by atoms with Gasteiger partial charge in [-0.15, -0.1) is 0 Å². The van der Waals surface area contributed by atoms with Crippen LogP contribution in [0.25, 0.3) is 0 Å². The molecule has 0 aliphatic carbocycles. The lowest BCUT2D eigenvalue weighted by Gasteiger charge is -2.28. The molecule has 7 heteroatoms. The van der Waals surface area contributed by atoms with E-state index in [0.29, 0.717) is 6.42 Å². The van der Waals surface area contributed by atoms with Crippen molar-refractivity contribution >= 4 is 11.9 Å². The van der Waals surface area contributed by atoms with Crippen molar-refractivity contribution in [3.8, 4) is 0 Å². The molecule has 0 rings (SSSR count). The second kappa shape index (κ2) is 6.25. The van der Waals surface area contributed by atoms with Crippen LogP contribution < -0.4 is 5.32 Å². The van der Waals surface area contributed by atoms with Crippen LogP contribution in [0.4, 0.5) is 13.2 Å². The molecule has 1 N–H and O–H groups in total. The van der Waals surface area contributed by atoms with Gasteiger partial charge in [-0.05, 0) is 17.8 Å². The van der Waals surface area contributed by atoms with Crippen LogP contribution in [0.2, 0.25) is 0 Å². The maximum Gasteiger partial charge on any atom is 0.471 e. The summed E-state index contributed by atoms with van der Waals surface area (Å²) in [4.78, 5) is 22.4. The fourth-order valence-corrected chi connectivity index (χ4v) is 1.87. The van der Waals surface area contributed by atoms with Gasteiger partial charge in [0.15, 0.2) is 0 Å². The molecular weight excluding hydrogens is 263 g/mol. The summed E-state index contributed by atoms with van der Waals surface area (Å²) < 4.78 is 41.1. The first-order valence-electron chi connectivity index (χ1n) is 5.84. The molecular formula is C12H20F3NO3. The van der Waals surface area contributed by atoms with Gasteiger partial charge in [-0.3, -0.25) is 4.79 Å². The van der Waals surface area contributed by atoms with Crippen molar-refractivity contribution in [2.45, 2.75) is 46.3 Å². The summed E-state index contributed by atoms with van der Waals surface area (Å²) in [6.45, 7) is 7.28. The normalized spacial score (nSPS) is 15.6. The van der Waals surface area contributed by atoms with E-state index in [0.717, 1.165) is 7.11 Å². The number of rotatable bonds is 4. The van der Waals surface area contributed by atoms with Crippen LogP contribution in [0.5, 0.6) is 0 Å². The number of amides is 1. The number of hydrogen-bond donors (Lipinski definition) is 1. The molecule has 0 unspecified atom stereocenters. The highest BCUT2D eigenvalue weighted by molar-refractivity contribution is 5.87. The van der Waals surface area contributed by atoms with E-state index in [4.69, 9.17) is 0 Å². The van der Waals surface area contributed by atoms with Gasteiger partial charge in [0.25, 0.3) is 0 Å². The molecule has 19 heavy (non-hydrogen) atoms. The first-order valence-corrected chi connectivity index (χ1v) is 5.84. The quantitative estimate of drug-likeness (QED) is 0.805. The molecule has 0 aliphatic rings. The number of carbonyl (C=O) groups excluding carboxylic acids is 2. The largest absolute Gasteiger partial charge is 0.471 e. The van der Waals surface area contributed by atoms with E-state index in [9.17, 15) is 22.8 Å². The molecule has 4 nitrogen and oxygen atoms in total. The van der Waals surface area contributed by atoms with Gasteiger partial charge in [-0.1, -0.05) is 27.7 Å². The predicted molar refractivity (Wildman–Crippen MR) is 63.2 cm³/mol. The van der Waals surface area contributed by atoms with Gasteiger partial charge < -0.3 is 10.1 Å². The van der Waals surface area contributed by atoms with Gasteiger partial charge in [0, 0.05) is 0 Å². The van der Waals surface area contributed by atoms with Crippen LogP contribution in [-0.4, -0.2) is 31.2 Å². The summed E-state index contributed by atoms with van der Waals surface area (Å²) in [5.41, 5.74) is -0.186. The number of ether oxygens (including phenoxy) is 1. The summed E-state index contributed by atoms with van der Waals surface area (Å²) >= 11 is 0. The smallest absolute Gasteiger partial charge is 0.467 e. The molecule has 0 aromatic carbocycles. The van der Waals surface area contributed by atoms with Gasteiger partial charge in [0.1, 0.15) is 6.04 Å². The molecule has 0 fully saturated rings. The lowest BCUT2D eigenvalue weighted by Crippen LogP contribution is -2.50. The first-order chi connectivity index (χ1) is 8.38. The third-order valence-corrected chi connectivity index (χ3v) is 2.50.